The highest BCUT2D eigenvalue weighted by molar-refractivity contribution is 5.79. The third-order valence-electron chi connectivity index (χ3n) is 3.54. The Labute approximate surface area is 124 Å². The van der Waals surface area contributed by atoms with Crippen molar-refractivity contribution in [3.8, 4) is 5.75 Å². The van der Waals surface area contributed by atoms with Gasteiger partial charge in [-0.15, -0.1) is 0 Å². The fraction of sp³-hybridized carbons (Fsp3) is 0.167. The molecule has 3 aromatic rings. The van der Waals surface area contributed by atoms with E-state index in [0.717, 1.165) is 16.7 Å². The number of nitrogens with zero attached hydrogens (tertiary/aromatic N) is 1. The van der Waals surface area contributed by atoms with E-state index in [0.29, 0.717) is 6.61 Å². The third kappa shape index (κ3) is 3.20. The molecule has 3 heteroatoms. The molecule has 0 amide bonds. The smallest absolute Gasteiger partial charge is 0.119 e. The second-order valence-corrected chi connectivity index (χ2v) is 4.92. The number of rotatable bonds is 5. The lowest BCUT2D eigenvalue weighted by Crippen LogP contribution is -2.23. The minimum Gasteiger partial charge on any atom is -0.492 e. The Balaban J connectivity index is 1.78. The molecule has 0 aliphatic rings. The lowest BCUT2D eigenvalue weighted by molar-refractivity contribution is 0.273. The van der Waals surface area contributed by atoms with Gasteiger partial charge in [-0.3, -0.25) is 4.98 Å². The molecular weight excluding hydrogens is 260 g/mol. The first-order chi connectivity index (χ1) is 10.4. The van der Waals surface area contributed by atoms with Gasteiger partial charge in [0.25, 0.3) is 0 Å². The van der Waals surface area contributed by atoms with E-state index in [1.165, 1.54) is 5.56 Å². The minimum absolute atomic E-state index is 0.148. The van der Waals surface area contributed by atoms with Crippen molar-refractivity contribution >= 4 is 10.9 Å². The summed E-state index contributed by atoms with van der Waals surface area (Å²) in [6.07, 6.45) is 1.82. The Kier molecular flexibility index (Phi) is 4.12. The second-order valence-electron chi connectivity index (χ2n) is 4.92. The molecule has 0 saturated heterocycles. The number of pyridine rings is 1. The highest BCUT2D eigenvalue weighted by atomic mass is 16.5. The van der Waals surface area contributed by atoms with Crippen LogP contribution in [0.1, 0.15) is 11.6 Å². The van der Waals surface area contributed by atoms with Crippen LogP contribution in [0.15, 0.2) is 66.9 Å². The van der Waals surface area contributed by atoms with Crippen molar-refractivity contribution in [3.05, 3.63) is 72.4 Å². The number of hydrogen-bond donors (Lipinski definition) is 1. The van der Waals surface area contributed by atoms with Gasteiger partial charge in [0.15, 0.2) is 0 Å². The molecular formula is C18H18N2O. The third-order valence-corrected chi connectivity index (χ3v) is 3.54. The molecule has 1 unspecified atom stereocenters. The van der Waals surface area contributed by atoms with Gasteiger partial charge in [0.05, 0.1) is 11.6 Å². The van der Waals surface area contributed by atoms with Gasteiger partial charge in [0, 0.05) is 11.6 Å². The van der Waals surface area contributed by atoms with Crippen LogP contribution in [-0.4, -0.2) is 18.6 Å². The molecule has 0 spiro atoms. The quantitative estimate of drug-likeness (QED) is 0.774. The SMILES string of the molecule is CNC(COc1ccccc1)c1ccc2ncccc2c1. The van der Waals surface area contributed by atoms with Crippen LogP contribution in [0.5, 0.6) is 5.75 Å². The lowest BCUT2D eigenvalue weighted by Gasteiger charge is -2.18. The number of likely N-dealkylation sites (N-methyl/N-ethyl adjacent to an activating group) is 1. The maximum absolute atomic E-state index is 5.85. The van der Waals surface area contributed by atoms with Crippen molar-refractivity contribution in [2.75, 3.05) is 13.7 Å². The van der Waals surface area contributed by atoms with Crippen LogP contribution in [0.25, 0.3) is 10.9 Å². The second kappa shape index (κ2) is 6.37. The molecule has 1 N–H and O–H groups in total. The Bertz CT molecular complexity index is 712. The van der Waals surface area contributed by atoms with E-state index >= 15 is 0 Å². The predicted molar refractivity (Wildman–Crippen MR) is 85.5 cm³/mol. The summed E-state index contributed by atoms with van der Waals surface area (Å²) in [6.45, 7) is 0.590. The Morgan fingerprint density at radius 2 is 1.90 bits per heavy atom. The van der Waals surface area contributed by atoms with E-state index in [4.69, 9.17) is 4.74 Å². The normalized spacial score (nSPS) is 12.2. The van der Waals surface area contributed by atoms with E-state index in [1.807, 2.05) is 49.6 Å². The van der Waals surface area contributed by atoms with Crippen LogP contribution in [0.3, 0.4) is 0 Å². The van der Waals surface area contributed by atoms with E-state index in [9.17, 15) is 0 Å². The summed E-state index contributed by atoms with van der Waals surface area (Å²) in [4.78, 5) is 4.35. The zero-order chi connectivity index (χ0) is 14.5. The molecule has 0 saturated carbocycles. The van der Waals surface area contributed by atoms with Gasteiger partial charge in [-0.25, -0.2) is 0 Å². The standard InChI is InChI=1S/C18H18N2O/c1-19-18(13-21-16-7-3-2-4-8-16)15-9-10-17-14(12-15)6-5-11-20-17/h2-12,18-19H,13H2,1H3. The zero-order valence-corrected chi connectivity index (χ0v) is 12.0. The molecule has 0 aliphatic carbocycles. The number of hydrogen-bond acceptors (Lipinski definition) is 3. The molecule has 0 bridgehead atoms. The molecule has 3 nitrogen and oxygen atoms in total. The Morgan fingerprint density at radius 1 is 1.05 bits per heavy atom. The van der Waals surface area contributed by atoms with Crippen molar-refractivity contribution in [2.24, 2.45) is 0 Å². The van der Waals surface area contributed by atoms with E-state index in [2.05, 4.69) is 34.6 Å². The van der Waals surface area contributed by atoms with E-state index < -0.39 is 0 Å². The topological polar surface area (TPSA) is 34.1 Å². The maximum atomic E-state index is 5.85. The average molecular weight is 278 g/mol. The fourth-order valence-corrected chi connectivity index (χ4v) is 2.35. The molecule has 1 atom stereocenters. The number of ether oxygens (including phenoxy) is 1. The average Bonchev–Trinajstić information content (AvgIpc) is 2.56. The monoisotopic (exact) mass is 278 g/mol. The first-order valence-electron chi connectivity index (χ1n) is 7.06. The largest absolute Gasteiger partial charge is 0.492 e. The molecule has 1 heterocycles. The van der Waals surface area contributed by atoms with E-state index in [-0.39, 0.29) is 6.04 Å². The number of aromatic nitrogens is 1. The van der Waals surface area contributed by atoms with Gasteiger partial charge in [-0.2, -0.15) is 0 Å². The molecule has 21 heavy (non-hydrogen) atoms. The van der Waals surface area contributed by atoms with Crippen molar-refractivity contribution < 1.29 is 4.74 Å². The number of benzene rings is 2. The first-order valence-corrected chi connectivity index (χ1v) is 7.06. The van der Waals surface area contributed by atoms with Crippen LogP contribution in [0, 0.1) is 0 Å². The van der Waals surface area contributed by atoms with Crippen LogP contribution in [-0.2, 0) is 0 Å². The number of fused-ring (bicyclic) bond motifs is 1. The van der Waals surface area contributed by atoms with E-state index in [1.54, 1.807) is 0 Å². The first kappa shape index (κ1) is 13.6. The molecule has 0 aliphatic heterocycles. The summed E-state index contributed by atoms with van der Waals surface area (Å²) < 4.78 is 5.85. The minimum atomic E-state index is 0.148. The number of para-hydroxylation sites is 1. The van der Waals surface area contributed by atoms with Gasteiger partial charge in [-0.05, 0) is 42.9 Å². The van der Waals surface area contributed by atoms with Gasteiger partial charge in [0.1, 0.15) is 12.4 Å². The zero-order valence-electron chi connectivity index (χ0n) is 12.0. The van der Waals surface area contributed by atoms with Gasteiger partial charge < -0.3 is 10.1 Å². The van der Waals surface area contributed by atoms with Gasteiger partial charge in [-0.1, -0.05) is 30.3 Å². The van der Waals surface area contributed by atoms with Crippen LogP contribution in [0.4, 0.5) is 0 Å². The summed E-state index contributed by atoms with van der Waals surface area (Å²) in [5.41, 5.74) is 2.22. The summed E-state index contributed by atoms with van der Waals surface area (Å²) in [5.74, 6) is 0.889. The Hall–Kier alpha value is -2.39. The summed E-state index contributed by atoms with van der Waals surface area (Å²) in [7, 11) is 1.95. The highest BCUT2D eigenvalue weighted by Gasteiger charge is 2.10. The summed E-state index contributed by atoms with van der Waals surface area (Å²) in [5, 5.41) is 4.46. The molecule has 1 aromatic heterocycles. The number of nitrogens with one attached hydrogen (secondary N) is 1. The van der Waals surface area contributed by atoms with Crippen molar-refractivity contribution in [1.29, 1.82) is 0 Å². The summed E-state index contributed by atoms with van der Waals surface area (Å²) in [6, 6.07) is 20.4. The lowest BCUT2D eigenvalue weighted by atomic mass is 10.0. The maximum Gasteiger partial charge on any atom is 0.119 e. The predicted octanol–water partition coefficient (Wildman–Crippen LogP) is 3.57. The van der Waals surface area contributed by atoms with Crippen LogP contribution >= 0.6 is 0 Å². The van der Waals surface area contributed by atoms with Crippen LogP contribution in [0.2, 0.25) is 0 Å². The molecule has 2 aromatic carbocycles. The van der Waals surface area contributed by atoms with Crippen LogP contribution < -0.4 is 10.1 Å². The van der Waals surface area contributed by atoms with Gasteiger partial charge >= 0.3 is 0 Å². The fourth-order valence-electron chi connectivity index (χ4n) is 2.35. The van der Waals surface area contributed by atoms with Gasteiger partial charge in [0.2, 0.25) is 0 Å². The molecule has 3 rings (SSSR count). The summed E-state index contributed by atoms with van der Waals surface area (Å²) >= 11 is 0. The molecule has 0 radical (unpaired) electrons. The molecule has 0 fully saturated rings. The molecule has 106 valence electrons. The van der Waals surface area contributed by atoms with Crippen molar-refractivity contribution in [2.45, 2.75) is 6.04 Å². The van der Waals surface area contributed by atoms with Crippen molar-refractivity contribution in [1.82, 2.24) is 10.3 Å². The highest BCUT2D eigenvalue weighted by Crippen LogP contribution is 2.20. The Morgan fingerprint density at radius 3 is 2.71 bits per heavy atom. The van der Waals surface area contributed by atoms with Crippen molar-refractivity contribution in [3.63, 3.8) is 0 Å².